The van der Waals surface area contributed by atoms with Gasteiger partial charge in [-0.05, 0) is 54.5 Å². The number of rotatable bonds is 12. The van der Waals surface area contributed by atoms with Gasteiger partial charge in [0.05, 0.1) is 0 Å². The maximum Gasteiger partial charge on any atom is 0.223 e. The minimum absolute atomic E-state index is 0.119. The van der Waals surface area contributed by atoms with Gasteiger partial charge >= 0.3 is 0 Å². The number of hydrogen-bond acceptors (Lipinski definition) is 3. The van der Waals surface area contributed by atoms with Gasteiger partial charge in [0.2, 0.25) is 5.91 Å². The first kappa shape index (κ1) is 28.2. The lowest BCUT2D eigenvalue weighted by molar-refractivity contribution is -0.132. The van der Waals surface area contributed by atoms with Crippen molar-refractivity contribution in [2.45, 2.75) is 25.5 Å². The number of para-hydroxylation sites is 1. The van der Waals surface area contributed by atoms with E-state index >= 15 is 0 Å². The molecule has 0 saturated carbocycles. The molecule has 1 unspecified atom stereocenters. The average molecular weight is 546 g/mol. The Kier molecular flexibility index (Phi) is 9.17. The summed E-state index contributed by atoms with van der Waals surface area (Å²) in [6.45, 7) is 2.57. The Morgan fingerprint density at radius 2 is 1.49 bits per heavy atom. The van der Waals surface area contributed by atoms with Gasteiger partial charge in [-0.1, -0.05) is 91.0 Å². The normalized spacial score (nSPS) is 12.0. The number of carbonyl (C=O) groups excluding carboxylic acids is 1. The standard InChI is InChI=1S/C36H39N3O2/c1-37(2)21-22-39(25-28-13-6-4-7-14-28)36(40)24-33(34-26-38(3)35-20-11-10-19-32(34)35)30-17-12-18-31(23-30)41-27-29-15-8-5-9-16-29/h4-20,23,26,33H,21-22,24-25,27H2,1-3H3. The van der Waals surface area contributed by atoms with Gasteiger partial charge in [-0.3, -0.25) is 4.79 Å². The van der Waals surface area contributed by atoms with E-state index in [1.54, 1.807) is 0 Å². The van der Waals surface area contributed by atoms with E-state index in [0.29, 0.717) is 26.1 Å². The maximum absolute atomic E-state index is 14.1. The summed E-state index contributed by atoms with van der Waals surface area (Å²) in [5.41, 5.74) is 5.65. The first-order valence-corrected chi connectivity index (χ1v) is 14.2. The first-order valence-electron chi connectivity index (χ1n) is 14.2. The molecule has 210 valence electrons. The van der Waals surface area contributed by atoms with Crippen LogP contribution in [0.15, 0.2) is 115 Å². The maximum atomic E-state index is 14.1. The summed E-state index contributed by atoms with van der Waals surface area (Å²) < 4.78 is 8.36. The van der Waals surface area contributed by atoms with Crippen LogP contribution in [0.2, 0.25) is 0 Å². The van der Waals surface area contributed by atoms with E-state index < -0.39 is 0 Å². The van der Waals surface area contributed by atoms with E-state index in [9.17, 15) is 4.79 Å². The predicted octanol–water partition coefficient (Wildman–Crippen LogP) is 6.87. The molecule has 1 heterocycles. The van der Waals surface area contributed by atoms with Crippen molar-refractivity contribution in [1.82, 2.24) is 14.4 Å². The monoisotopic (exact) mass is 545 g/mol. The highest BCUT2D eigenvalue weighted by atomic mass is 16.5. The fourth-order valence-electron chi connectivity index (χ4n) is 5.34. The molecule has 1 aromatic heterocycles. The van der Waals surface area contributed by atoms with Crippen molar-refractivity contribution in [2.75, 3.05) is 27.2 Å². The molecule has 0 aliphatic carbocycles. The highest BCUT2D eigenvalue weighted by Crippen LogP contribution is 2.36. The third-order valence-electron chi connectivity index (χ3n) is 7.58. The van der Waals surface area contributed by atoms with Crippen molar-refractivity contribution in [3.8, 4) is 5.75 Å². The largest absolute Gasteiger partial charge is 0.489 e. The molecule has 0 N–H and O–H groups in total. The molecule has 0 spiro atoms. The van der Waals surface area contributed by atoms with Gasteiger partial charge in [0, 0.05) is 56.1 Å². The molecule has 0 fully saturated rings. The summed E-state index contributed by atoms with van der Waals surface area (Å²) in [6.07, 6.45) is 2.55. The summed E-state index contributed by atoms with van der Waals surface area (Å²) in [5.74, 6) is 0.827. The quantitative estimate of drug-likeness (QED) is 0.172. The lowest BCUT2D eigenvalue weighted by Gasteiger charge is -2.27. The third-order valence-corrected chi connectivity index (χ3v) is 7.58. The topological polar surface area (TPSA) is 37.7 Å². The van der Waals surface area contributed by atoms with E-state index in [2.05, 4.69) is 83.4 Å². The van der Waals surface area contributed by atoms with Gasteiger partial charge < -0.3 is 19.1 Å². The van der Waals surface area contributed by atoms with Crippen LogP contribution in [-0.2, 0) is 25.0 Å². The smallest absolute Gasteiger partial charge is 0.223 e. The Labute approximate surface area is 243 Å². The molecule has 0 radical (unpaired) electrons. The van der Waals surface area contributed by atoms with Gasteiger partial charge in [0.1, 0.15) is 12.4 Å². The highest BCUT2D eigenvalue weighted by molar-refractivity contribution is 5.86. The summed E-state index contributed by atoms with van der Waals surface area (Å²) >= 11 is 0. The van der Waals surface area contributed by atoms with Gasteiger partial charge in [0.15, 0.2) is 0 Å². The van der Waals surface area contributed by atoms with Crippen LogP contribution in [0.1, 0.15) is 34.6 Å². The number of hydrogen-bond donors (Lipinski definition) is 0. The second kappa shape index (κ2) is 13.3. The fourth-order valence-corrected chi connectivity index (χ4v) is 5.34. The first-order chi connectivity index (χ1) is 20.0. The van der Waals surface area contributed by atoms with Crippen molar-refractivity contribution in [3.63, 3.8) is 0 Å². The lowest BCUT2D eigenvalue weighted by Crippen LogP contribution is -2.37. The van der Waals surface area contributed by atoms with Crippen molar-refractivity contribution < 1.29 is 9.53 Å². The van der Waals surface area contributed by atoms with Crippen molar-refractivity contribution in [1.29, 1.82) is 0 Å². The summed E-state index contributed by atoms with van der Waals surface area (Å²) in [7, 11) is 6.17. The molecule has 0 bridgehead atoms. The summed E-state index contributed by atoms with van der Waals surface area (Å²) in [6, 6.07) is 37.1. The Hall–Kier alpha value is -4.35. The molecule has 0 saturated heterocycles. The molecule has 5 aromatic rings. The zero-order valence-corrected chi connectivity index (χ0v) is 24.2. The molecule has 0 aliphatic rings. The summed E-state index contributed by atoms with van der Waals surface area (Å²) in [5, 5.41) is 1.17. The van der Waals surface area contributed by atoms with Crippen LogP contribution in [0, 0.1) is 0 Å². The van der Waals surface area contributed by atoms with Crippen molar-refractivity contribution in [2.24, 2.45) is 7.05 Å². The minimum atomic E-state index is -0.119. The average Bonchev–Trinajstić information content (AvgIpc) is 3.34. The van der Waals surface area contributed by atoms with Gasteiger partial charge in [0.25, 0.3) is 0 Å². The zero-order valence-electron chi connectivity index (χ0n) is 24.2. The van der Waals surface area contributed by atoms with Crippen LogP contribution in [0.4, 0.5) is 0 Å². The number of benzene rings is 4. The molecule has 1 atom stereocenters. The Morgan fingerprint density at radius 3 is 2.22 bits per heavy atom. The second-order valence-electron chi connectivity index (χ2n) is 10.9. The highest BCUT2D eigenvalue weighted by Gasteiger charge is 2.25. The molecule has 1 amide bonds. The number of aromatic nitrogens is 1. The molecule has 5 nitrogen and oxygen atoms in total. The number of nitrogens with zero attached hydrogens (tertiary/aromatic N) is 3. The molecular weight excluding hydrogens is 506 g/mol. The lowest BCUT2D eigenvalue weighted by atomic mass is 9.87. The van der Waals surface area contributed by atoms with E-state index in [1.165, 1.54) is 5.39 Å². The number of likely N-dealkylation sites (N-methyl/N-ethyl adjacent to an activating group) is 1. The number of fused-ring (bicyclic) bond motifs is 1. The molecule has 0 aliphatic heterocycles. The SMILES string of the molecule is CN(C)CCN(Cc1ccccc1)C(=O)CC(c1cccc(OCc2ccccc2)c1)c1cn(C)c2ccccc12. The van der Waals surface area contributed by atoms with E-state index in [4.69, 9.17) is 4.74 Å². The van der Waals surface area contributed by atoms with E-state index in [1.807, 2.05) is 67.5 Å². The molecular formula is C36H39N3O2. The fraction of sp³-hybridized carbons (Fsp3) is 0.250. The van der Waals surface area contributed by atoms with Gasteiger partial charge in [-0.15, -0.1) is 0 Å². The Bertz CT molecular complexity index is 1560. The number of aryl methyl sites for hydroxylation is 1. The number of amides is 1. The number of ether oxygens (including phenoxy) is 1. The van der Waals surface area contributed by atoms with Crippen LogP contribution in [0.3, 0.4) is 0 Å². The molecule has 5 heteroatoms. The van der Waals surface area contributed by atoms with Crippen LogP contribution in [0.5, 0.6) is 5.75 Å². The Morgan fingerprint density at radius 1 is 0.805 bits per heavy atom. The molecule has 5 rings (SSSR count). The van der Waals surface area contributed by atoms with Crippen molar-refractivity contribution >= 4 is 16.8 Å². The zero-order chi connectivity index (χ0) is 28.6. The minimum Gasteiger partial charge on any atom is -0.489 e. The van der Waals surface area contributed by atoms with Crippen LogP contribution in [0.25, 0.3) is 10.9 Å². The van der Waals surface area contributed by atoms with E-state index in [0.717, 1.165) is 40.1 Å². The van der Waals surface area contributed by atoms with Gasteiger partial charge in [-0.2, -0.15) is 0 Å². The molecule has 4 aromatic carbocycles. The predicted molar refractivity (Wildman–Crippen MR) is 167 cm³/mol. The third kappa shape index (κ3) is 7.24. The van der Waals surface area contributed by atoms with E-state index in [-0.39, 0.29) is 11.8 Å². The van der Waals surface area contributed by atoms with Crippen molar-refractivity contribution in [3.05, 3.63) is 138 Å². The van der Waals surface area contributed by atoms with Crippen LogP contribution < -0.4 is 4.74 Å². The number of carbonyl (C=O) groups is 1. The van der Waals surface area contributed by atoms with Crippen LogP contribution >= 0.6 is 0 Å². The molecule has 41 heavy (non-hydrogen) atoms. The summed E-state index contributed by atoms with van der Waals surface area (Å²) in [4.78, 5) is 18.3. The Balaban J connectivity index is 1.47. The second-order valence-corrected chi connectivity index (χ2v) is 10.9. The van der Waals surface area contributed by atoms with Gasteiger partial charge in [-0.25, -0.2) is 0 Å². The van der Waals surface area contributed by atoms with Crippen LogP contribution in [-0.4, -0.2) is 47.5 Å².